The third-order valence-electron chi connectivity index (χ3n) is 4.23. The molecule has 2 amide bonds. The van der Waals surface area contributed by atoms with Gasteiger partial charge in [-0.2, -0.15) is 0 Å². The van der Waals surface area contributed by atoms with Gasteiger partial charge in [0.25, 0.3) is 0 Å². The summed E-state index contributed by atoms with van der Waals surface area (Å²) in [5.74, 6) is -0.989. The van der Waals surface area contributed by atoms with Crippen molar-refractivity contribution in [2.24, 2.45) is 0 Å². The molecule has 146 valence electrons. The van der Waals surface area contributed by atoms with Crippen LogP contribution >= 0.6 is 22.7 Å². The SMILES string of the molecule is CC(C)c1ccc(NC(=O)C(=O)NCc2ccc(C(O)c3cccs3)s2)cc1. The zero-order valence-electron chi connectivity index (χ0n) is 15.6. The highest BCUT2D eigenvalue weighted by Crippen LogP contribution is 2.30. The molecule has 1 atom stereocenters. The lowest BCUT2D eigenvalue weighted by Gasteiger charge is -2.08. The van der Waals surface area contributed by atoms with Crippen molar-refractivity contribution in [1.82, 2.24) is 5.32 Å². The minimum Gasteiger partial charge on any atom is -0.382 e. The van der Waals surface area contributed by atoms with E-state index in [1.807, 2.05) is 41.8 Å². The predicted octanol–water partition coefficient (Wildman–Crippen LogP) is 4.27. The van der Waals surface area contributed by atoms with Crippen LogP contribution < -0.4 is 10.6 Å². The van der Waals surface area contributed by atoms with Crippen molar-refractivity contribution in [1.29, 1.82) is 0 Å². The van der Waals surface area contributed by atoms with Gasteiger partial charge in [-0.25, -0.2) is 0 Å². The molecule has 0 aliphatic heterocycles. The molecule has 1 aromatic carbocycles. The van der Waals surface area contributed by atoms with Crippen LogP contribution in [0.5, 0.6) is 0 Å². The topological polar surface area (TPSA) is 78.4 Å². The molecule has 0 spiro atoms. The summed E-state index contributed by atoms with van der Waals surface area (Å²) in [4.78, 5) is 26.7. The summed E-state index contributed by atoms with van der Waals surface area (Å²) >= 11 is 2.91. The lowest BCUT2D eigenvalue weighted by atomic mass is 10.0. The molecule has 0 aliphatic carbocycles. The Bertz CT molecular complexity index is 931. The number of carbonyl (C=O) groups is 2. The zero-order chi connectivity index (χ0) is 20.1. The van der Waals surface area contributed by atoms with Gasteiger partial charge in [0.15, 0.2) is 0 Å². The first kappa shape index (κ1) is 20.3. The third kappa shape index (κ3) is 5.07. The summed E-state index contributed by atoms with van der Waals surface area (Å²) in [5.41, 5.74) is 1.75. The number of carbonyl (C=O) groups excluding carboxylic acids is 2. The Morgan fingerprint density at radius 1 is 1.00 bits per heavy atom. The molecule has 0 aliphatic rings. The minimum atomic E-state index is -0.701. The number of hydrogen-bond donors (Lipinski definition) is 3. The lowest BCUT2D eigenvalue weighted by molar-refractivity contribution is -0.136. The van der Waals surface area contributed by atoms with Crippen LogP contribution in [0.4, 0.5) is 5.69 Å². The first-order valence-corrected chi connectivity index (χ1v) is 10.6. The molecule has 5 nitrogen and oxygen atoms in total. The van der Waals surface area contributed by atoms with Crippen LogP contribution in [0.25, 0.3) is 0 Å². The van der Waals surface area contributed by atoms with Crippen molar-refractivity contribution in [3.05, 3.63) is 74.1 Å². The van der Waals surface area contributed by atoms with Crippen molar-refractivity contribution in [2.45, 2.75) is 32.4 Å². The molecule has 0 radical (unpaired) electrons. The van der Waals surface area contributed by atoms with E-state index < -0.39 is 17.9 Å². The van der Waals surface area contributed by atoms with Crippen LogP contribution in [0, 0.1) is 0 Å². The Kier molecular flexibility index (Phi) is 6.61. The first-order chi connectivity index (χ1) is 13.4. The number of rotatable bonds is 6. The second kappa shape index (κ2) is 9.14. The Labute approximate surface area is 172 Å². The highest BCUT2D eigenvalue weighted by molar-refractivity contribution is 7.12. The largest absolute Gasteiger partial charge is 0.382 e. The molecule has 0 saturated heterocycles. The van der Waals surface area contributed by atoms with Crippen LogP contribution in [-0.4, -0.2) is 16.9 Å². The average molecular weight is 415 g/mol. The van der Waals surface area contributed by atoms with Gasteiger partial charge in [0.05, 0.1) is 6.54 Å². The van der Waals surface area contributed by atoms with Crippen LogP contribution in [-0.2, 0) is 16.1 Å². The number of anilines is 1. The summed E-state index contributed by atoms with van der Waals surface area (Å²) < 4.78 is 0. The van der Waals surface area contributed by atoms with Gasteiger partial charge < -0.3 is 15.7 Å². The maximum absolute atomic E-state index is 12.1. The second-order valence-corrected chi connectivity index (χ2v) is 8.81. The van der Waals surface area contributed by atoms with E-state index in [4.69, 9.17) is 0 Å². The van der Waals surface area contributed by atoms with E-state index in [0.29, 0.717) is 11.6 Å². The lowest BCUT2D eigenvalue weighted by Crippen LogP contribution is -2.34. The van der Waals surface area contributed by atoms with Crippen LogP contribution in [0.1, 0.15) is 46.1 Å². The Morgan fingerprint density at radius 3 is 2.39 bits per heavy atom. The van der Waals surface area contributed by atoms with E-state index in [9.17, 15) is 14.7 Å². The van der Waals surface area contributed by atoms with E-state index in [1.54, 1.807) is 12.1 Å². The van der Waals surface area contributed by atoms with Crippen LogP contribution in [0.15, 0.2) is 53.9 Å². The molecule has 2 heterocycles. The fourth-order valence-corrected chi connectivity index (χ4v) is 4.37. The van der Waals surface area contributed by atoms with E-state index in [1.165, 1.54) is 28.2 Å². The van der Waals surface area contributed by atoms with Gasteiger partial charge in [0.1, 0.15) is 6.10 Å². The van der Waals surface area contributed by atoms with E-state index in [-0.39, 0.29) is 6.54 Å². The van der Waals surface area contributed by atoms with Gasteiger partial charge in [-0.1, -0.05) is 32.0 Å². The van der Waals surface area contributed by atoms with Crippen LogP contribution in [0.3, 0.4) is 0 Å². The number of thiophene rings is 2. The monoisotopic (exact) mass is 414 g/mol. The average Bonchev–Trinajstić information content (AvgIpc) is 3.38. The molecule has 0 bridgehead atoms. The molecule has 7 heteroatoms. The molecule has 3 aromatic rings. The van der Waals surface area contributed by atoms with E-state index >= 15 is 0 Å². The molecular formula is C21H22N2O3S2. The zero-order valence-corrected chi connectivity index (χ0v) is 17.3. The van der Waals surface area contributed by atoms with Crippen molar-refractivity contribution in [2.75, 3.05) is 5.32 Å². The molecular weight excluding hydrogens is 392 g/mol. The first-order valence-electron chi connectivity index (χ1n) is 8.93. The smallest absolute Gasteiger partial charge is 0.313 e. The summed E-state index contributed by atoms with van der Waals surface area (Å²) in [6, 6.07) is 14.9. The number of aliphatic hydroxyl groups is 1. The predicted molar refractivity (Wildman–Crippen MR) is 114 cm³/mol. The van der Waals surface area contributed by atoms with Crippen molar-refractivity contribution >= 4 is 40.2 Å². The number of aliphatic hydroxyl groups excluding tert-OH is 1. The molecule has 3 rings (SSSR count). The van der Waals surface area contributed by atoms with Gasteiger partial charge in [0, 0.05) is 20.3 Å². The fourth-order valence-electron chi connectivity index (χ4n) is 2.61. The molecule has 3 N–H and O–H groups in total. The van der Waals surface area contributed by atoms with Crippen molar-refractivity contribution in [3.63, 3.8) is 0 Å². The third-order valence-corrected chi connectivity index (χ3v) is 6.29. The Hall–Kier alpha value is -2.48. The quantitative estimate of drug-likeness (QED) is 0.527. The summed E-state index contributed by atoms with van der Waals surface area (Å²) in [7, 11) is 0. The second-order valence-electron chi connectivity index (χ2n) is 6.64. The number of benzene rings is 1. The Balaban J connectivity index is 1.51. The number of amides is 2. The van der Waals surface area contributed by atoms with Gasteiger partial charge in [-0.05, 0) is 47.2 Å². The minimum absolute atomic E-state index is 0.236. The van der Waals surface area contributed by atoms with Gasteiger partial charge in [-0.15, -0.1) is 22.7 Å². The maximum atomic E-state index is 12.1. The highest BCUT2D eigenvalue weighted by Gasteiger charge is 2.16. The summed E-state index contributed by atoms with van der Waals surface area (Å²) in [6.07, 6.45) is -0.661. The van der Waals surface area contributed by atoms with Crippen molar-refractivity contribution in [3.8, 4) is 0 Å². The van der Waals surface area contributed by atoms with Gasteiger partial charge in [0.2, 0.25) is 0 Å². The summed E-state index contributed by atoms with van der Waals surface area (Å²) in [6.45, 7) is 4.42. The molecule has 28 heavy (non-hydrogen) atoms. The number of hydrogen-bond acceptors (Lipinski definition) is 5. The Morgan fingerprint density at radius 2 is 1.75 bits per heavy atom. The molecule has 0 fully saturated rings. The van der Waals surface area contributed by atoms with Gasteiger partial charge >= 0.3 is 11.8 Å². The van der Waals surface area contributed by atoms with E-state index in [2.05, 4.69) is 24.5 Å². The molecule has 2 aromatic heterocycles. The maximum Gasteiger partial charge on any atom is 0.313 e. The number of nitrogens with one attached hydrogen (secondary N) is 2. The van der Waals surface area contributed by atoms with Crippen molar-refractivity contribution < 1.29 is 14.7 Å². The summed E-state index contributed by atoms with van der Waals surface area (Å²) in [5, 5.41) is 17.5. The molecule has 1 unspecified atom stereocenters. The molecule has 0 saturated carbocycles. The van der Waals surface area contributed by atoms with E-state index in [0.717, 1.165) is 14.6 Å². The highest BCUT2D eigenvalue weighted by atomic mass is 32.1. The van der Waals surface area contributed by atoms with Crippen LogP contribution in [0.2, 0.25) is 0 Å². The van der Waals surface area contributed by atoms with Gasteiger partial charge in [-0.3, -0.25) is 9.59 Å². The fraction of sp³-hybridized carbons (Fsp3) is 0.238. The standard InChI is InChI=1S/C21H22N2O3S2/c1-13(2)14-5-7-15(8-6-14)23-21(26)20(25)22-12-16-9-10-18(28-16)19(24)17-4-3-11-27-17/h3-11,13,19,24H,12H2,1-2H3,(H,22,25)(H,23,26). The normalized spacial score (nSPS) is 12.0.